The van der Waals surface area contributed by atoms with Crippen LogP contribution in [0.3, 0.4) is 0 Å². The lowest BCUT2D eigenvalue weighted by Crippen LogP contribution is -2.24. The molecule has 3 rings (SSSR count). The maximum Gasteiger partial charge on any atom is 0.231 e. The van der Waals surface area contributed by atoms with Crippen molar-refractivity contribution in [1.82, 2.24) is 0 Å². The number of benzene rings is 3. The van der Waals surface area contributed by atoms with Crippen molar-refractivity contribution in [2.45, 2.75) is 18.4 Å². The van der Waals surface area contributed by atoms with Gasteiger partial charge in [0.1, 0.15) is 0 Å². The Kier molecular flexibility index (Phi) is 6.81. The standard InChI is InChI=1S/C24H25N5O/c25-13-12-20(17-4-2-1-3-5-17)24(30)29-19-10-11-22(27)21(14-19)23(28)18-8-6-16(15-26)7-9-18/h1-11,14,20,23H,12-13,25,27-28H2,(H,29,30). The third-order valence-corrected chi connectivity index (χ3v) is 5.06. The van der Waals surface area contributed by atoms with Crippen LogP contribution in [0.2, 0.25) is 0 Å². The number of nitrogens with one attached hydrogen (secondary N) is 1. The molecule has 6 nitrogen and oxygen atoms in total. The highest BCUT2D eigenvalue weighted by Crippen LogP contribution is 2.29. The van der Waals surface area contributed by atoms with Crippen LogP contribution in [0.5, 0.6) is 0 Å². The number of hydrogen-bond acceptors (Lipinski definition) is 5. The van der Waals surface area contributed by atoms with E-state index in [4.69, 9.17) is 22.5 Å². The molecule has 6 heteroatoms. The summed E-state index contributed by atoms with van der Waals surface area (Å²) < 4.78 is 0. The summed E-state index contributed by atoms with van der Waals surface area (Å²) >= 11 is 0. The van der Waals surface area contributed by atoms with E-state index in [1.165, 1.54) is 0 Å². The second kappa shape index (κ2) is 9.70. The molecule has 7 N–H and O–H groups in total. The molecule has 152 valence electrons. The van der Waals surface area contributed by atoms with Gasteiger partial charge in [0.15, 0.2) is 0 Å². The Hall–Kier alpha value is -3.66. The second-order valence-corrected chi connectivity index (χ2v) is 7.09. The predicted molar refractivity (Wildman–Crippen MR) is 120 cm³/mol. The largest absolute Gasteiger partial charge is 0.398 e. The van der Waals surface area contributed by atoms with Gasteiger partial charge in [0.25, 0.3) is 0 Å². The lowest BCUT2D eigenvalue weighted by atomic mass is 9.94. The van der Waals surface area contributed by atoms with Crippen molar-refractivity contribution in [2.75, 3.05) is 17.6 Å². The van der Waals surface area contributed by atoms with E-state index in [0.717, 1.165) is 11.1 Å². The maximum absolute atomic E-state index is 12.9. The molecule has 3 aromatic carbocycles. The molecule has 3 aromatic rings. The minimum atomic E-state index is -0.483. The van der Waals surface area contributed by atoms with Crippen LogP contribution in [0.1, 0.15) is 40.6 Å². The molecule has 0 aliphatic heterocycles. The third kappa shape index (κ3) is 4.84. The van der Waals surface area contributed by atoms with Crippen molar-refractivity contribution >= 4 is 17.3 Å². The Morgan fingerprint density at radius 1 is 1.00 bits per heavy atom. The van der Waals surface area contributed by atoms with Crippen molar-refractivity contribution < 1.29 is 4.79 Å². The van der Waals surface area contributed by atoms with Gasteiger partial charge in [-0.2, -0.15) is 5.26 Å². The maximum atomic E-state index is 12.9. The minimum Gasteiger partial charge on any atom is -0.398 e. The summed E-state index contributed by atoms with van der Waals surface area (Å²) in [5.74, 6) is -0.473. The molecule has 30 heavy (non-hydrogen) atoms. The van der Waals surface area contributed by atoms with Gasteiger partial charge < -0.3 is 22.5 Å². The highest BCUT2D eigenvalue weighted by atomic mass is 16.1. The number of nitrogens with two attached hydrogens (primary N) is 3. The number of nitriles is 1. The van der Waals surface area contributed by atoms with E-state index >= 15 is 0 Å². The molecule has 0 aliphatic carbocycles. The van der Waals surface area contributed by atoms with E-state index in [-0.39, 0.29) is 11.8 Å². The number of hydrogen-bond donors (Lipinski definition) is 4. The molecule has 2 unspecified atom stereocenters. The fourth-order valence-corrected chi connectivity index (χ4v) is 3.40. The molecule has 0 radical (unpaired) electrons. The van der Waals surface area contributed by atoms with Crippen LogP contribution in [0.4, 0.5) is 11.4 Å². The van der Waals surface area contributed by atoms with E-state index in [0.29, 0.717) is 35.5 Å². The van der Waals surface area contributed by atoms with Crippen molar-refractivity contribution in [2.24, 2.45) is 11.5 Å². The van der Waals surface area contributed by atoms with Crippen LogP contribution in [0, 0.1) is 11.3 Å². The Morgan fingerprint density at radius 3 is 2.33 bits per heavy atom. The normalized spacial score (nSPS) is 12.6. The van der Waals surface area contributed by atoms with Gasteiger partial charge >= 0.3 is 0 Å². The monoisotopic (exact) mass is 399 g/mol. The number of carbonyl (C=O) groups is 1. The highest BCUT2D eigenvalue weighted by molar-refractivity contribution is 5.96. The topological polar surface area (TPSA) is 131 Å². The van der Waals surface area contributed by atoms with Crippen LogP contribution in [-0.4, -0.2) is 12.5 Å². The summed E-state index contributed by atoms with van der Waals surface area (Å²) in [7, 11) is 0. The Bertz CT molecular complexity index is 1040. The Balaban J connectivity index is 1.83. The molecule has 0 aromatic heterocycles. The minimum absolute atomic E-state index is 0.130. The van der Waals surface area contributed by atoms with Crippen molar-refractivity contribution in [1.29, 1.82) is 5.26 Å². The van der Waals surface area contributed by atoms with Crippen LogP contribution >= 0.6 is 0 Å². The third-order valence-electron chi connectivity index (χ3n) is 5.06. The van der Waals surface area contributed by atoms with E-state index < -0.39 is 6.04 Å². The van der Waals surface area contributed by atoms with Crippen LogP contribution < -0.4 is 22.5 Å². The summed E-state index contributed by atoms with van der Waals surface area (Å²) in [5.41, 5.74) is 22.5. The first-order valence-corrected chi connectivity index (χ1v) is 9.74. The highest BCUT2D eigenvalue weighted by Gasteiger charge is 2.21. The molecule has 0 bridgehead atoms. The molecular weight excluding hydrogens is 374 g/mol. The zero-order chi connectivity index (χ0) is 21.5. The van der Waals surface area contributed by atoms with Gasteiger partial charge in [-0.05, 0) is 60.0 Å². The number of carbonyl (C=O) groups excluding carboxylic acids is 1. The lowest BCUT2D eigenvalue weighted by Gasteiger charge is -2.19. The lowest BCUT2D eigenvalue weighted by molar-refractivity contribution is -0.117. The van der Waals surface area contributed by atoms with Crippen molar-refractivity contribution in [3.05, 3.63) is 95.1 Å². The summed E-state index contributed by atoms with van der Waals surface area (Å²) in [4.78, 5) is 12.9. The summed E-state index contributed by atoms with van der Waals surface area (Å²) in [5, 5.41) is 11.9. The van der Waals surface area contributed by atoms with E-state index in [2.05, 4.69) is 11.4 Å². The van der Waals surface area contributed by atoms with Crippen molar-refractivity contribution in [3.63, 3.8) is 0 Å². The smallest absolute Gasteiger partial charge is 0.231 e. The number of rotatable bonds is 7. The van der Waals surface area contributed by atoms with Gasteiger partial charge in [0, 0.05) is 11.4 Å². The molecule has 1 amide bonds. The number of nitrogen functional groups attached to an aromatic ring is 1. The summed E-state index contributed by atoms with van der Waals surface area (Å²) in [6.07, 6.45) is 0.544. The molecular formula is C24H25N5O. The molecule has 0 fully saturated rings. The van der Waals surface area contributed by atoms with E-state index in [9.17, 15) is 4.79 Å². The Morgan fingerprint density at radius 2 is 1.70 bits per heavy atom. The zero-order valence-electron chi connectivity index (χ0n) is 16.6. The molecule has 2 atom stereocenters. The molecule has 0 saturated carbocycles. The first-order valence-electron chi connectivity index (χ1n) is 9.74. The zero-order valence-corrected chi connectivity index (χ0v) is 16.6. The molecule has 0 saturated heterocycles. The fourth-order valence-electron chi connectivity index (χ4n) is 3.40. The average Bonchev–Trinajstić information content (AvgIpc) is 2.78. The Labute approximate surface area is 176 Å². The molecule has 0 aliphatic rings. The van der Waals surface area contributed by atoms with Crippen LogP contribution in [0.15, 0.2) is 72.8 Å². The number of amides is 1. The van der Waals surface area contributed by atoms with Crippen molar-refractivity contribution in [3.8, 4) is 6.07 Å². The first-order chi connectivity index (χ1) is 14.5. The van der Waals surface area contributed by atoms with Gasteiger partial charge in [-0.25, -0.2) is 0 Å². The van der Waals surface area contributed by atoms with E-state index in [1.807, 2.05) is 30.3 Å². The predicted octanol–water partition coefficient (Wildman–Crippen LogP) is 3.26. The molecule has 0 heterocycles. The van der Waals surface area contributed by atoms with Gasteiger partial charge in [0.05, 0.1) is 23.6 Å². The number of nitrogens with zero attached hydrogens (tertiary/aromatic N) is 1. The first kappa shape index (κ1) is 21.1. The van der Waals surface area contributed by atoms with Crippen LogP contribution in [0.25, 0.3) is 0 Å². The fraction of sp³-hybridized carbons (Fsp3) is 0.167. The number of anilines is 2. The SMILES string of the molecule is N#Cc1ccc(C(N)c2cc(NC(=O)C(CCN)c3ccccc3)ccc2N)cc1. The average molecular weight is 399 g/mol. The summed E-state index contributed by atoms with van der Waals surface area (Å²) in [6, 6.07) is 23.5. The quantitative estimate of drug-likeness (QED) is 0.453. The van der Waals surface area contributed by atoms with Gasteiger partial charge in [-0.3, -0.25) is 4.79 Å². The summed E-state index contributed by atoms with van der Waals surface area (Å²) in [6.45, 7) is 0.406. The van der Waals surface area contributed by atoms with Gasteiger partial charge in [-0.15, -0.1) is 0 Å². The molecule has 0 spiro atoms. The van der Waals surface area contributed by atoms with Gasteiger partial charge in [-0.1, -0.05) is 42.5 Å². The van der Waals surface area contributed by atoms with Gasteiger partial charge in [0.2, 0.25) is 5.91 Å². The van der Waals surface area contributed by atoms with E-state index in [1.54, 1.807) is 42.5 Å². The van der Waals surface area contributed by atoms with Crippen LogP contribution in [-0.2, 0) is 4.79 Å². The second-order valence-electron chi connectivity index (χ2n) is 7.09.